The molecule has 0 bridgehead atoms. The largest absolute Gasteiger partial charge is 0.493 e. The zero-order valence-corrected chi connectivity index (χ0v) is 26.3. The van der Waals surface area contributed by atoms with Crippen molar-refractivity contribution in [1.29, 1.82) is 5.26 Å². The van der Waals surface area contributed by atoms with Gasteiger partial charge in [0, 0.05) is 75.0 Å². The lowest BCUT2D eigenvalue weighted by molar-refractivity contribution is -0.136. The molecule has 0 unspecified atom stereocenters. The topological polar surface area (TPSA) is 122 Å². The summed E-state index contributed by atoms with van der Waals surface area (Å²) >= 11 is 0. The number of anilines is 2. The van der Waals surface area contributed by atoms with Crippen LogP contribution in [0.2, 0.25) is 0 Å². The fourth-order valence-electron chi connectivity index (χ4n) is 5.51. The van der Waals surface area contributed by atoms with Gasteiger partial charge in [-0.2, -0.15) is 5.26 Å². The summed E-state index contributed by atoms with van der Waals surface area (Å²) in [4.78, 5) is 25.8. The molecule has 0 spiro atoms. The number of amides is 1. The third-order valence-electron chi connectivity index (χ3n) is 7.99. The number of benzene rings is 2. The summed E-state index contributed by atoms with van der Waals surface area (Å²) in [5.41, 5.74) is 2.59. The third-order valence-corrected chi connectivity index (χ3v) is 7.99. The second kappa shape index (κ2) is 15.5. The SMILES string of the molecule is COc1ccc(Nc2nccc(-c3cccc(C#N)c3OC3CCOCC3)n2)cc1OCCCN1CCN(C(=O)C(C)C)CC1. The molecule has 1 N–H and O–H groups in total. The molecule has 11 heteroatoms. The van der Waals surface area contributed by atoms with Crippen LogP contribution in [0, 0.1) is 17.2 Å². The highest BCUT2D eigenvalue weighted by atomic mass is 16.5. The van der Waals surface area contributed by atoms with Crippen LogP contribution in [-0.2, 0) is 9.53 Å². The predicted octanol–water partition coefficient (Wildman–Crippen LogP) is 4.89. The van der Waals surface area contributed by atoms with Crippen LogP contribution in [0.15, 0.2) is 48.7 Å². The lowest BCUT2D eigenvalue weighted by atomic mass is 10.1. The summed E-state index contributed by atoms with van der Waals surface area (Å²) in [7, 11) is 1.62. The molecule has 238 valence electrons. The second-order valence-corrected chi connectivity index (χ2v) is 11.5. The summed E-state index contributed by atoms with van der Waals surface area (Å²) < 4.78 is 23.5. The Hall–Kier alpha value is -4.40. The van der Waals surface area contributed by atoms with E-state index < -0.39 is 0 Å². The first kappa shape index (κ1) is 32.0. The van der Waals surface area contributed by atoms with Crippen LogP contribution >= 0.6 is 0 Å². The number of hydrogen-bond acceptors (Lipinski definition) is 10. The third kappa shape index (κ3) is 8.41. The number of carbonyl (C=O) groups excluding carboxylic acids is 1. The molecule has 2 aromatic carbocycles. The monoisotopic (exact) mass is 614 g/mol. The first-order valence-electron chi connectivity index (χ1n) is 15.6. The molecule has 0 atom stereocenters. The van der Waals surface area contributed by atoms with Gasteiger partial charge >= 0.3 is 0 Å². The Labute approximate surface area is 265 Å². The number of nitriles is 1. The van der Waals surface area contributed by atoms with Crippen LogP contribution in [0.25, 0.3) is 11.3 Å². The minimum atomic E-state index is -0.0187. The average molecular weight is 615 g/mol. The van der Waals surface area contributed by atoms with Gasteiger partial charge < -0.3 is 29.2 Å². The van der Waals surface area contributed by atoms with E-state index >= 15 is 0 Å². The molecule has 3 heterocycles. The maximum atomic E-state index is 12.3. The summed E-state index contributed by atoms with van der Waals surface area (Å²) in [6.07, 6.45) is 4.06. The van der Waals surface area contributed by atoms with Gasteiger partial charge in [-0.3, -0.25) is 9.69 Å². The highest BCUT2D eigenvalue weighted by molar-refractivity contribution is 5.78. The van der Waals surface area contributed by atoms with Gasteiger partial charge in [0.15, 0.2) is 11.5 Å². The Kier molecular flexibility index (Phi) is 11.1. The molecule has 1 amide bonds. The fourth-order valence-corrected chi connectivity index (χ4v) is 5.51. The fraction of sp³-hybridized carbons (Fsp3) is 0.471. The summed E-state index contributed by atoms with van der Waals surface area (Å²) in [5.74, 6) is 2.46. The van der Waals surface area contributed by atoms with Crippen LogP contribution in [0.3, 0.4) is 0 Å². The Morgan fingerprint density at radius 2 is 1.91 bits per heavy atom. The summed E-state index contributed by atoms with van der Waals surface area (Å²) in [6, 6.07) is 15.2. The molecular formula is C34H42N6O5. The van der Waals surface area contributed by atoms with E-state index in [9.17, 15) is 10.1 Å². The number of ether oxygens (including phenoxy) is 4. The zero-order chi connectivity index (χ0) is 31.6. The van der Waals surface area contributed by atoms with Crippen molar-refractivity contribution in [3.05, 3.63) is 54.2 Å². The standard InChI is InChI=1S/C34H42N6O5/c1-24(2)33(41)40-17-15-39(16-18-40)14-5-19-44-31-22-26(8-9-30(31)42-3)37-34-36-13-10-29(38-34)28-7-4-6-25(23-35)32(28)45-27-11-20-43-21-12-27/h4,6-10,13,22,24,27H,5,11-12,14-21H2,1-3H3,(H,36,37,38). The van der Waals surface area contributed by atoms with Gasteiger partial charge in [-0.05, 0) is 36.8 Å². The van der Waals surface area contributed by atoms with Gasteiger partial charge in [0.05, 0.1) is 38.2 Å². The van der Waals surface area contributed by atoms with Gasteiger partial charge in [-0.25, -0.2) is 9.97 Å². The van der Waals surface area contributed by atoms with Crippen molar-refractivity contribution >= 4 is 17.5 Å². The lowest BCUT2D eigenvalue weighted by Gasteiger charge is -2.35. The van der Waals surface area contributed by atoms with E-state index in [0.29, 0.717) is 54.3 Å². The Morgan fingerprint density at radius 1 is 1.11 bits per heavy atom. The van der Waals surface area contributed by atoms with Crippen molar-refractivity contribution < 1.29 is 23.7 Å². The number of carbonyl (C=O) groups is 1. The molecule has 11 nitrogen and oxygen atoms in total. The number of piperazine rings is 1. The van der Waals surface area contributed by atoms with Crippen molar-refractivity contribution in [3.8, 4) is 34.6 Å². The van der Waals surface area contributed by atoms with Crippen LogP contribution in [0.1, 0.15) is 38.7 Å². The number of para-hydroxylation sites is 1. The molecule has 5 rings (SSSR count). The van der Waals surface area contributed by atoms with Gasteiger partial charge in [0.2, 0.25) is 11.9 Å². The van der Waals surface area contributed by atoms with E-state index in [2.05, 4.69) is 21.3 Å². The molecule has 0 radical (unpaired) electrons. The van der Waals surface area contributed by atoms with Gasteiger partial charge in [0.25, 0.3) is 0 Å². The summed E-state index contributed by atoms with van der Waals surface area (Å²) in [6.45, 7) is 9.92. The van der Waals surface area contributed by atoms with Crippen LogP contribution in [0.5, 0.6) is 17.2 Å². The normalized spacial score (nSPS) is 15.8. The molecule has 2 aliphatic rings. The number of nitrogens with zero attached hydrogens (tertiary/aromatic N) is 5. The van der Waals surface area contributed by atoms with Crippen molar-refractivity contribution in [2.24, 2.45) is 5.92 Å². The Bertz CT molecular complexity index is 1480. The quantitative estimate of drug-likeness (QED) is 0.282. The lowest BCUT2D eigenvalue weighted by Crippen LogP contribution is -2.50. The number of nitrogens with one attached hydrogen (secondary N) is 1. The van der Waals surface area contributed by atoms with Gasteiger partial charge in [-0.1, -0.05) is 19.9 Å². The summed E-state index contributed by atoms with van der Waals surface area (Å²) in [5, 5.41) is 13.1. The minimum Gasteiger partial charge on any atom is -0.493 e. The van der Waals surface area contributed by atoms with Crippen LogP contribution in [0.4, 0.5) is 11.6 Å². The van der Waals surface area contributed by atoms with E-state index in [1.807, 2.05) is 55.1 Å². The number of rotatable bonds is 12. The molecule has 3 aromatic rings. The number of aromatic nitrogens is 2. The molecular weight excluding hydrogens is 572 g/mol. The molecule has 2 fully saturated rings. The maximum Gasteiger partial charge on any atom is 0.227 e. The van der Waals surface area contributed by atoms with E-state index in [1.165, 1.54) is 0 Å². The molecule has 2 aliphatic heterocycles. The Balaban J connectivity index is 1.21. The Morgan fingerprint density at radius 3 is 2.64 bits per heavy atom. The maximum absolute atomic E-state index is 12.3. The predicted molar refractivity (Wildman–Crippen MR) is 171 cm³/mol. The average Bonchev–Trinajstić information content (AvgIpc) is 3.07. The molecule has 0 saturated carbocycles. The minimum absolute atomic E-state index is 0.0187. The van der Waals surface area contributed by atoms with Gasteiger partial charge in [-0.15, -0.1) is 0 Å². The second-order valence-electron chi connectivity index (χ2n) is 11.5. The van der Waals surface area contributed by atoms with E-state index in [1.54, 1.807) is 19.4 Å². The number of methoxy groups -OCH3 is 1. The van der Waals surface area contributed by atoms with Crippen LogP contribution < -0.4 is 19.5 Å². The van der Waals surface area contributed by atoms with Crippen LogP contribution in [-0.4, -0.2) is 91.4 Å². The van der Waals surface area contributed by atoms with Crippen molar-refractivity contribution in [1.82, 2.24) is 19.8 Å². The van der Waals surface area contributed by atoms with Crippen molar-refractivity contribution in [3.63, 3.8) is 0 Å². The van der Waals surface area contributed by atoms with E-state index in [-0.39, 0.29) is 17.9 Å². The first-order valence-corrected chi connectivity index (χ1v) is 15.6. The molecule has 2 saturated heterocycles. The van der Waals surface area contributed by atoms with E-state index in [4.69, 9.17) is 23.9 Å². The molecule has 45 heavy (non-hydrogen) atoms. The molecule has 1 aromatic heterocycles. The highest BCUT2D eigenvalue weighted by Crippen LogP contribution is 2.35. The van der Waals surface area contributed by atoms with E-state index in [0.717, 1.165) is 63.2 Å². The van der Waals surface area contributed by atoms with Crippen molar-refractivity contribution in [2.45, 2.75) is 39.2 Å². The van der Waals surface area contributed by atoms with Crippen molar-refractivity contribution in [2.75, 3.05) is 65.0 Å². The first-order chi connectivity index (χ1) is 21.9. The highest BCUT2D eigenvalue weighted by Gasteiger charge is 2.23. The zero-order valence-electron chi connectivity index (χ0n) is 26.3. The smallest absolute Gasteiger partial charge is 0.227 e. The molecule has 0 aliphatic carbocycles. The number of hydrogen-bond donors (Lipinski definition) is 1. The van der Waals surface area contributed by atoms with Gasteiger partial charge in [0.1, 0.15) is 17.9 Å².